The van der Waals surface area contributed by atoms with E-state index >= 15 is 0 Å². The number of para-hydroxylation sites is 1. The molecule has 25 heavy (non-hydrogen) atoms. The first-order chi connectivity index (χ1) is 12.1. The highest BCUT2D eigenvalue weighted by atomic mass is 32.1. The van der Waals surface area contributed by atoms with Crippen LogP contribution in [0.25, 0.3) is 0 Å². The number of hydrogen-bond acceptors (Lipinski definition) is 4. The molecular formula is C19H23N3O2S. The maximum absolute atomic E-state index is 12.6. The molecule has 2 heterocycles. The van der Waals surface area contributed by atoms with E-state index in [1.54, 1.807) is 18.3 Å². The summed E-state index contributed by atoms with van der Waals surface area (Å²) in [4.78, 5) is 29.8. The Hall–Kier alpha value is -2.34. The maximum atomic E-state index is 12.6. The molecule has 1 N–H and O–H groups in total. The van der Waals surface area contributed by atoms with E-state index in [-0.39, 0.29) is 11.8 Å². The molecule has 0 unspecified atom stereocenters. The van der Waals surface area contributed by atoms with Gasteiger partial charge in [0.05, 0.1) is 6.42 Å². The van der Waals surface area contributed by atoms with Crippen molar-refractivity contribution in [1.29, 1.82) is 0 Å². The summed E-state index contributed by atoms with van der Waals surface area (Å²) in [6, 6.07) is 13.6. The van der Waals surface area contributed by atoms with Crippen LogP contribution in [0.1, 0.15) is 11.8 Å². The lowest BCUT2D eigenvalue weighted by Gasteiger charge is -2.37. The van der Waals surface area contributed by atoms with Crippen molar-refractivity contribution < 1.29 is 9.59 Å². The van der Waals surface area contributed by atoms with Gasteiger partial charge >= 0.3 is 0 Å². The van der Waals surface area contributed by atoms with Crippen LogP contribution in [0.4, 0.5) is 5.69 Å². The first-order valence-corrected chi connectivity index (χ1v) is 9.42. The van der Waals surface area contributed by atoms with E-state index in [1.807, 2.05) is 40.6 Å². The van der Waals surface area contributed by atoms with Crippen molar-refractivity contribution in [2.45, 2.75) is 19.4 Å². The Morgan fingerprint density at radius 3 is 2.44 bits per heavy atom. The van der Waals surface area contributed by atoms with Crippen LogP contribution in [-0.2, 0) is 16.0 Å². The van der Waals surface area contributed by atoms with Crippen LogP contribution >= 0.6 is 11.3 Å². The van der Waals surface area contributed by atoms with Gasteiger partial charge in [0, 0.05) is 36.7 Å². The van der Waals surface area contributed by atoms with Crippen LogP contribution in [0.15, 0.2) is 47.8 Å². The van der Waals surface area contributed by atoms with E-state index in [9.17, 15) is 9.59 Å². The summed E-state index contributed by atoms with van der Waals surface area (Å²) in [6.07, 6.45) is 0.330. The molecule has 1 atom stereocenters. The molecule has 1 fully saturated rings. The van der Waals surface area contributed by atoms with Gasteiger partial charge in [-0.3, -0.25) is 9.59 Å². The number of carbonyl (C=O) groups is 2. The van der Waals surface area contributed by atoms with Crippen molar-refractivity contribution in [3.05, 3.63) is 52.7 Å². The molecule has 1 aliphatic heterocycles. The normalized spacial score (nSPS) is 15.7. The lowest BCUT2D eigenvalue weighted by atomic mass is 10.2. The lowest BCUT2D eigenvalue weighted by molar-refractivity contribution is -0.136. The Balaban J connectivity index is 1.47. The number of anilines is 1. The number of nitrogens with one attached hydrogen (secondary N) is 1. The molecule has 1 saturated heterocycles. The number of carbonyl (C=O) groups excluding carboxylic acids is 2. The summed E-state index contributed by atoms with van der Waals surface area (Å²) < 4.78 is 0. The topological polar surface area (TPSA) is 52.7 Å². The standard InChI is InChI=1S/C19H23N3O2S/c1-15(20-18(23)14-17-8-5-13-25-17)19(24)22-11-9-21(10-12-22)16-6-3-2-4-7-16/h2-8,13,15H,9-12,14H2,1H3,(H,20,23)/t15-/m1/s1. The quantitative estimate of drug-likeness (QED) is 0.892. The van der Waals surface area contributed by atoms with Gasteiger partial charge < -0.3 is 15.1 Å². The van der Waals surface area contributed by atoms with Crippen molar-refractivity contribution in [2.24, 2.45) is 0 Å². The van der Waals surface area contributed by atoms with Crippen molar-refractivity contribution in [3.63, 3.8) is 0 Å². The molecule has 2 aromatic rings. The molecule has 6 heteroatoms. The van der Waals surface area contributed by atoms with Gasteiger partial charge in [0.15, 0.2) is 0 Å². The Morgan fingerprint density at radius 2 is 1.80 bits per heavy atom. The van der Waals surface area contributed by atoms with E-state index < -0.39 is 6.04 Å². The second-order valence-electron chi connectivity index (χ2n) is 6.19. The second kappa shape index (κ2) is 8.16. The summed E-state index contributed by atoms with van der Waals surface area (Å²) in [5, 5.41) is 4.77. The summed E-state index contributed by atoms with van der Waals surface area (Å²) in [5.41, 5.74) is 1.19. The fourth-order valence-electron chi connectivity index (χ4n) is 3.02. The second-order valence-corrected chi connectivity index (χ2v) is 7.23. The van der Waals surface area contributed by atoms with Gasteiger partial charge in [0.1, 0.15) is 6.04 Å². The summed E-state index contributed by atoms with van der Waals surface area (Å²) in [6.45, 7) is 4.74. The summed E-state index contributed by atoms with van der Waals surface area (Å²) in [7, 11) is 0. The predicted molar refractivity (Wildman–Crippen MR) is 101 cm³/mol. The Kier molecular flexibility index (Phi) is 5.71. The first kappa shape index (κ1) is 17.5. The molecule has 0 spiro atoms. The van der Waals surface area contributed by atoms with E-state index in [0.717, 1.165) is 18.0 Å². The first-order valence-electron chi connectivity index (χ1n) is 8.54. The third-order valence-corrected chi connectivity index (χ3v) is 5.25. The number of nitrogens with zero attached hydrogens (tertiary/aromatic N) is 2. The molecular weight excluding hydrogens is 334 g/mol. The number of thiophene rings is 1. The van der Waals surface area contributed by atoms with Crippen LogP contribution in [0.5, 0.6) is 0 Å². The zero-order chi connectivity index (χ0) is 17.6. The van der Waals surface area contributed by atoms with Crippen molar-refractivity contribution in [1.82, 2.24) is 10.2 Å². The highest BCUT2D eigenvalue weighted by molar-refractivity contribution is 7.10. The van der Waals surface area contributed by atoms with Gasteiger partial charge in [-0.25, -0.2) is 0 Å². The van der Waals surface area contributed by atoms with Gasteiger partial charge in [-0.15, -0.1) is 11.3 Å². The number of piperazine rings is 1. The minimum Gasteiger partial charge on any atom is -0.368 e. The molecule has 1 aromatic heterocycles. The smallest absolute Gasteiger partial charge is 0.244 e. The summed E-state index contributed by atoms with van der Waals surface area (Å²) in [5.74, 6) is -0.113. The van der Waals surface area contributed by atoms with Crippen molar-refractivity contribution in [3.8, 4) is 0 Å². The minimum absolute atomic E-state index is 0.00718. The van der Waals surface area contributed by atoms with Gasteiger partial charge in [0.2, 0.25) is 11.8 Å². The van der Waals surface area contributed by atoms with Crippen LogP contribution < -0.4 is 10.2 Å². The van der Waals surface area contributed by atoms with Gasteiger partial charge in [0.25, 0.3) is 0 Å². The van der Waals surface area contributed by atoms with Gasteiger partial charge in [-0.1, -0.05) is 24.3 Å². The molecule has 132 valence electrons. The average Bonchev–Trinajstić information content (AvgIpc) is 3.14. The van der Waals surface area contributed by atoms with E-state index in [1.165, 1.54) is 5.69 Å². The van der Waals surface area contributed by atoms with Crippen molar-refractivity contribution >= 4 is 28.8 Å². The largest absolute Gasteiger partial charge is 0.368 e. The fourth-order valence-corrected chi connectivity index (χ4v) is 3.73. The average molecular weight is 357 g/mol. The monoisotopic (exact) mass is 357 g/mol. The number of rotatable bonds is 5. The van der Waals surface area contributed by atoms with Gasteiger partial charge in [-0.2, -0.15) is 0 Å². The molecule has 0 bridgehead atoms. The molecule has 1 aliphatic rings. The van der Waals surface area contributed by atoms with Crippen LogP contribution in [0.3, 0.4) is 0 Å². The fraction of sp³-hybridized carbons (Fsp3) is 0.368. The van der Waals surface area contributed by atoms with Crippen LogP contribution in [0, 0.1) is 0 Å². The minimum atomic E-state index is -0.490. The SMILES string of the molecule is C[C@@H](NC(=O)Cc1cccs1)C(=O)N1CCN(c2ccccc2)CC1. The number of hydrogen-bond donors (Lipinski definition) is 1. The van der Waals surface area contributed by atoms with Crippen LogP contribution in [-0.4, -0.2) is 48.9 Å². The molecule has 0 saturated carbocycles. The van der Waals surface area contributed by atoms with E-state index in [0.29, 0.717) is 19.5 Å². The lowest BCUT2D eigenvalue weighted by Crippen LogP contribution is -2.54. The van der Waals surface area contributed by atoms with Crippen molar-refractivity contribution in [2.75, 3.05) is 31.1 Å². The Labute approximate surface area is 152 Å². The molecule has 1 aromatic carbocycles. The maximum Gasteiger partial charge on any atom is 0.244 e. The zero-order valence-electron chi connectivity index (χ0n) is 14.4. The highest BCUT2D eigenvalue weighted by Gasteiger charge is 2.25. The Morgan fingerprint density at radius 1 is 1.08 bits per heavy atom. The predicted octanol–water partition coefficient (Wildman–Crippen LogP) is 2.14. The Bertz CT molecular complexity index is 695. The zero-order valence-corrected chi connectivity index (χ0v) is 15.2. The third kappa shape index (κ3) is 4.60. The number of amides is 2. The summed E-state index contributed by atoms with van der Waals surface area (Å²) >= 11 is 1.55. The van der Waals surface area contributed by atoms with E-state index in [2.05, 4.69) is 22.3 Å². The molecule has 2 amide bonds. The number of benzene rings is 1. The third-order valence-electron chi connectivity index (χ3n) is 4.38. The van der Waals surface area contributed by atoms with E-state index in [4.69, 9.17) is 0 Å². The molecule has 5 nitrogen and oxygen atoms in total. The highest BCUT2D eigenvalue weighted by Crippen LogP contribution is 2.16. The van der Waals surface area contributed by atoms with Crippen LogP contribution in [0.2, 0.25) is 0 Å². The van der Waals surface area contributed by atoms with Gasteiger partial charge in [-0.05, 0) is 30.5 Å². The molecule has 0 radical (unpaired) electrons. The molecule has 3 rings (SSSR count). The molecule has 0 aliphatic carbocycles.